The normalized spacial score (nSPS) is 15.8. The number of halogens is 1. The Morgan fingerprint density at radius 2 is 2.12 bits per heavy atom. The molecule has 1 aliphatic rings. The average molecular weight is 298 g/mol. The number of hydrogen-bond acceptors (Lipinski definition) is 3. The third-order valence-corrected chi connectivity index (χ3v) is 3.20. The van der Waals surface area contributed by atoms with Crippen LogP contribution in [-0.2, 0) is 4.79 Å². The first kappa shape index (κ1) is 12.1. The highest BCUT2D eigenvalue weighted by Crippen LogP contribution is 2.24. The van der Waals surface area contributed by atoms with Gasteiger partial charge in [0.05, 0.1) is 11.0 Å². The van der Waals surface area contributed by atoms with Crippen molar-refractivity contribution in [3.8, 4) is 5.75 Å². The molecule has 0 bridgehead atoms. The molecule has 1 fully saturated rings. The number of piperidine rings is 1. The zero-order chi connectivity index (χ0) is 12.3. The number of amides is 1. The fourth-order valence-corrected chi connectivity index (χ4v) is 2.05. The van der Waals surface area contributed by atoms with Gasteiger partial charge in [-0.2, -0.15) is 0 Å². The van der Waals surface area contributed by atoms with Crippen LogP contribution < -0.4 is 4.74 Å². The van der Waals surface area contributed by atoms with Gasteiger partial charge in [-0.15, -0.1) is 0 Å². The van der Waals surface area contributed by atoms with Crippen LogP contribution in [0.15, 0.2) is 28.7 Å². The maximum Gasteiger partial charge on any atom is 0.415 e. The van der Waals surface area contributed by atoms with Gasteiger partial charge in [0.15, 0.2) is 5.78 Å². The smallest absolute Gasteiger partial charge is 0.409 e. The second kappa shape index (κ2) is 5.31. The van der Waals surface area contributed by atoms with E-state index >= 15 is 0 Å². The molecule has 2 rings (SSSR count). The van der Waals surface area contributed by atoms with Crippen LogP contribution in [0.2, 0.25) is 0 Å². The number of para-hydroxylation sites is 1. The SMILES string of the molecule is O=C1CCCN(C(=O)Oc2ccccc2Br)C1. The lowest BCUT2D eigenvalue weighted by atomic mass is 10.1. The van der Waals surface area contributed by atoms with Crippen LogP contribution in [0.1, 0.15) is 12.8 Å². The molecule has 0 spiro atoms. The number of benzene rings is 1. The molecule has 90 valence electrons. The molecule has 1 heterocycles. The molecule has 0 atom stereocenters. The lowest BCUT2D eigenvalue weighted by Gasteiger charge is -2.24. The summed E-state index contributed by atoms with van der Waals surface area (Å²) in [6, 6.07) is 7.12. The van der Waals surface area contributed by atoms with Gasteiger partial charge < -0.3 is 9.64 Å². The molecular weight excluding hydrogens is 286 g/mol. The highest BCUT2D eigenvalue weighted by Gasteiger charge is 2.23. The zero-order valence-corrected chi connectivity index (χ0v) is 10.8. The first-order chi connectivity index (χ1) is 8.16. The molecule has 0 N–H and O–H groups in total. The monoisotopic (exact) mass is 297 g/mol. The number of nitrogens with zero attached hydrogens (tertiary/aromatic N) is 1. The first-order valence-corrected chi connectivity index (χ1v) is 6.19. The summed E-state index contributed by atoms with van der Waals surface area (Å²) in [5, 5.41) is 0. The fourth-order valence-electron chi connectivity index (χ4n) is 1.68. The Kier molecular flexibility index (Phi) is 3.78. The van der Waals surface area contributed by atoms with Gasteiger partial charge in [-0.1, -0.05) is 12.1 Å². The summed E-state index contributed by atoms with van der Waals surface area (Å²) in [6.07, 6.45) is 0.799. The predicted molar refractivity (Wildman–Crippen MR) is 66.0 cm³/mol. The van der Waals surface area contributed by atoms with Crippen molar-refractivity contribution in [2.45, 2.75) is 12.8 Å². The second-order valence-electron chi connectivity index (χ2n) is 3.86. The molecule has 5 heteroatoms. The van der Waals surface area contributed by atoms with E-state index in [1.807, 2.05) is 6.07 Å². The molecule has 1 saturated heterocycles. The number of hydrogen-bond donors (Lipinski definition) is 0. The number of likely N-dealkylation sites (tertiary alicyclic amines) is 1. The molecule has 1 aliphatic heterocycles. The largest absolute Gasteiger partial charge is 0.415 e. The van der Waals surface area contributed by atoms with Crippen molar-refractivity contribution >= 4 is 27.8 Å². The van der Waals surface area contributed by atoms with Crippen LogP contribution in [0.4, 0.5) is 4.79 Å². The molecule has 0 radical (unpaired) electrons. The van der Waals surface area contributed by atoms with Gasteiger partial charge in [-0.25, -0.2) is 4.79 Å². The van der Waals surface area contributed by atoms with Gasteiger partial charge in [-0.3, -0.25) is 4.79 Å². The van der Waals surface area contributed by atoms with Crippen LogP contribution >= 0.6 is 15.9 Å². The van der Waals surface area contributed by atoms with E-state index in [2.05, 4.69) is 15.9 Å². The Labute approximate surface area is 108 Å². The van der Waals surface area contributed by atoms with Crippen LogP contribution in [0.5, 0.6) is 5.75 Å². The van der Waals surface area contributed by atoms with Gasteiger partial charge in [0.25, 0.3) is 0 Å². The first-order valence-electron chi connectivity index (χ1n) is 5.40. The lowest BCUT2D eigenvalue weighted by molar-refractivity contribution is -0.121. The van der Waals surface area contributed by atoms with Crippen LogP contribution in [0.3, 0.4) is 0 Å². The molecule has 1 aromatic carbocycles. The molecule has 0 unspecified atom stereocenters. The number of Topliss-reactive ketones (excluding diaryl/α,β-unsaturated/α-hetero) is 1. The fraction of sp³-hybridized carbons (Fsp3) is 0.333. The van der Waals surface area contributed by atoms with Gasteiger partial charge >= 0.3 is 6.09 Å². The van der Waals surface area contributed by atoms with E-state index in [1.54, 1.807) is 18.2 Å². The number of ketones is 1. The average Bonchev–Trinajstić information content (AvgIpc) is 2.32. The zero-order valence-electron chi connectivity index (χ0n) is 9.19. The van der Waals surface area contributed by atoms with Crippen molar-refractivity contribution in [2.75, 3.05) is 13.1 Å². The second-order valence-corrected chi connectivity index (χ2v) is 4.72. The Morgan fingerprint density at radius 1 is 1.35 bits per heavy atom. The van der Waals surface area contributed by atoms with Crippen molar-refractivity contribution in [3.63, 3.8) is 0 Å². The van der Waals surface area contributed by atoms with Gasteiger partial charge in [0.2, 0.25) is 0 Å². The van der Waals surface area contributed by atoms with E-state index in [0.29, 0.717) is 25.1 Å². The van der Waals surface area contributed by atoms with Crippen molar-refractivity contribution in [1.82, 2.24) is 4.90 Å². The van der Waals surface area contributed by atoms with Crippen LogP contribution in [0.25, 0.3) is 0 Å². The summed E-state index contributed by atoms with van der Waals surface area (Å²) >= 11 is 3.30. The molecular formula is C12H12BrNO3. The Hall–Kier alpha value is -1.36. The topological polar surface area (TPSA) is 46.6 Å². The van der Waals surface area contributed by atoms with E-state index in [0.717, 1.165) is 4.47 Å². The van der Waals surface area contributed by atoms with Crippen molar-refractivity contribution in [2.24, 2.45) is 0 Å². The minimum atomic E-state index is -0.468. The molecule has 1 aromatic rings. The molecule has 4 nitrogen and oxygen atoms in total. The highest BCUT2D eigenvalue weighted by atomic mass is 79.9. The van der Waals surface area contributed by atoms with Crippen molar-refractivity contribution in [3.05, 3.63) is 28.7 Å². The lowest BCUT2D eigenvalue weighted by Crippen LogP contribution is -2.41. The number of carbonyl (C=O) groups excluding carboxylic acids is 2. The maximum atomic E-state index is 11.8. The summed E-state index contributed by atoms with van der Waals surface area (Å²) in [7, 11) is 0. The minimum absolute atomic E-state index is 0.0836. The third kappa shape index (κ3) is 3.06. The van der Waals surface area contributed by atoms with Crippen molar-refractivity contribution < 1.29 is 14.3 Å². The summed E-state index contributed by atoms with van der Waals surface area (Å²) in [5.41, 5.74) is 0. The van der Waals surface area contributed by atoms with E-state index < -0.39 is 6.09 Å². The number of carbonyl (C=O) groups is 2. The van der Waals surface area contributed by atoms with Crippen LogP contribution in [-0.4, -0.2) is 29.9 Å². The third-order valence-electron chi connectivity index (χ3n) is 2.54. The predicted octanol–water partition coefficient (Wildman–Crippen LogP) is 2.61. The van der Waals surface area contributed by atoms with Gasteiger partial charge in [0.1, 0.15) is 5.75 Å². The van der Waals surface area contributed by atoms with Crippen molar-refractivity contribution in [1.29, 1.82) is 0 Å². The Morgan fingerprint density at radius 3 is 2.82 bits per heavy atom. The molecule has 0 saturated carbocycles. The summed E-state index contributed by atoms with van der Waals surface area (Å²) in [4.78, 5) is 24.5. The standard InChI is InChI=1S/C12H12BrNO3/c13-10-5-1-2-6-11(10)17-12(16)14-7-3-4-9(15)8-14/h1-2,5-6H,3-4,7-8H2. The summed E-state index contributed by atoms with van der Waals surface area (Å²) < 4.78 is 5.94. The Bertz CT molecular complexity index is 447. The maximum absolute atomic E-state index is 11.8. The van der Waals surface area contributed by atoms with E-state index in [1.165, 1.54) is 4.90 Å². The molecule has 1 amide bonds. The summed E-state index contributed by atoms with van der Waals surface area (Å²) in [6.45, 7) is 0.734. The van der Waals surface area contributed by atoms with Crippen LogP contribution in [0, 0.1) is 0 Å². The summed E-state index contributed by atoms with van der Waals surface area (Å²) in [5.74, 6) is 0.552. The minimum Gasteiger partial charge on any atom is -0.409 e. The van der Waals surface area contributed by atoms with E-state index in [4.69, 9.17) is 4.74 Å². The molecule has 17 heavy (non-hydrogen) atoms. The molecule has 0 aliphatic carbocycles. The highest BCUT2D eigenvalue weighted by molar-refractivity contribution is 9.10. The van der Waals surface area contributed by atoms with Gasteiger partial charge in [0, 0.05) is 13.0 Å². The number of rotatable bonds is 1. The van der Waals surface area contributed by atoms with E-state index in [9.17, 15) is 9.59 Å². The van der Waals surface area contributed by atoms with E-state index in [-0.39, 0.29) is 12.3 Å². The Balaban J connectivity index is 2.02. The number of ether oxygens (including phenoxy) is 1. The van der Waals surface area contributed by atoms with Gasteiger partial charge in [-0.05, 0) is 34.5 Å². The molecule has 0 aromatic heterocycles. The quantitative estimate of drug-likeness (QED) is 0.800.